The molecule has 0 radical (unpaired) electrons. The highest BCUT2D eigenvalue weighted by Crippen LogP contribution is 2.28. The fourth-order valence-electron chi connectivity index (χ4n) is 6.08. The van der Waals surface area contributed by atoms with E-state index in [9.17, 15) is 14.4 Å². The van der Waals surface area contributed by atoms with Crippen molar-refractivity contribution < 1.29 is 28.6 Å². The van der Waals surface area contributed by atoms with Crippen molar-refractivity contribution >= 4 is 29.2 Å². The summed E-state index contributed by atoms with van der Waals surface area (Å²) in [6, 6.07) is 24.1. The number of ether oxygens (including phenoxy) is 3. The number of rotatable bonds is 28. The van der Waals surface area contributed by atoms with Crippen LogP contribution in [0.3, 0.4) is 0 Å². The summed E-state index contributed by atoms with van der Waals surface area (Å²) in [4.78, 5) is 39.7. The monoisotopic (exact) mass is 714 g/mol. The number of unbranched alkanes of at least 4 members (excludes halogenated alkanes) is 15. The van der Waals surface area contributed by atoms with Gasteiger partial charge in [0.2, 0.25) is 5.91 Å². The van der Waals surface area contributed by atoms with Crippen LogP contribution in [0.5, 0.6) is 5.75 Å². The molecule has 0 aromatic heterocycles. The average molecular weight is 715 g/mol. The Morgan fingerprint density at radius 3 is 1.46 bits per heavy atom. The van der Waals surface area contributed by atoms with Crippen molar-refractivity contribution in [1.29, 1.82) is 0 Å². The molecule has 1 N–H and O–H groups in total. The fourth-order valence-corrected chi connectivity index (χ4v) is 6.08. The second-order valence-corrected chi connectivity index (χ2v) is 13.7. The maximum absolute atomic E-state index is 13.0. The summed E-state index contributed by atoms with van der Waals surface area (Å²) in [5.74, 6) is -0.694. The third kappa shape index (κ3) is 19.3. The van der Waals surface area contributed by atoms with E-state index >= 15 is 0 Å². The average Bonchev–Trinajstić information content (AvgIpc) is 3.14. The number of carbonyl (C=O) groups is 3. The molecule has 3 aromatic rings. The van der Waals surface area contributed by atoms with Crippen molar-refractivity contribution in [2.24, 2.45) is 0 Å². The van der Waals surface area contributed by atoms with Crippen LogP contribution in [0.2, 0.25) is 0 Å². The second-order valence-electron chi connectivity index (χ2n) is 13.7. The van der Waals surface area contributed by atoms with E-state index in [4.69, 9.17) is 14.2 Å². The first-order valence-electron chi connectivity index (χ1n) is 19.6. The smallest absolute Gasteiger partial charge is 0.325 e. The van der Waals surface area contributed by atoms with Gasteiger partial charge in [0.1, 0.15) is 32.1 Å². The molecular weight excluding hydrogens is 652 g/mol. The van der Waals surface area contributed by atoms with Gasteiger partial charge in [0.15, 0.2) is 0 Å². The lowest BCUT2D eigenvalue weighted by molar-refractivity contribution is -0.144. The van der Waals surface area contributed by atoms with Crippen LogP contribution in [0.1, 0.15) is 128 Å². The molecule has 0 spiro atoms. The van der Waals surface area contributed by atoms with E-state index in [-0.39, 0.29) is 32.2 Å². The Hall–Kier alpha value is -4.33. The Labute approximate surface area is 312 Å². The van der Waals surface area contributed by atoms with Gasteiger partial charge in [-0.05, 0) is 23.6 Å². The number of benzene rings is 3. The summed E-state index contributed by atoms with van der Waals surface area (Å²) in [7, 11) is 0. The minimum atomic E-state index is -0.500. The van der Waals surface area contributed by atoms with Gasteiger partial charge in [-0.3, -0.25) is 14.4 Å². The lowest BCUT2D eigenvalue weighted by Gasteiger charge is -2.24. The minimum Gasteiger partial charge on any atom is -0.493 e. The van der Waals surface area contributed by atoms with Gasteiger partial charge in [-0.15, -0.1) is 0 Å². The minimum absolute atomic E-state index is 0.117. The quantitative estimate of drug-likeness (QED) is 0.0591. The van der Waals surface area contributed by atoms with E-state index in [1.54, 1.807) is 23.1 Å². The van der Waals surface area contributed by atoms with Crippen LogP contribution in [0.15, 0.2) is 78.9 Å². The molecule has 1 amide bonds. The highest BCUT2D eigenvalue weighted by molar-refractivity contribution is 5.90. The van der Waals surface area contributed by atoms with Crippen LogP contribution in [0, 0.1) is 0 Å². The van der Waals surface area contributed by atoms with Crippen LogP contribution >= 0.6 is 0 Å². The summed E-state index contributed by atoms with van der Waals surface area (Å²) in [6.45, 7) is 4.07. The summed E-state index contributed by atoms with van der Waals surface area (Å²) < 4.78 is 17.2. The Morgan fingerprint density at radius 1 is 0.577 bits per heavy atom. The lowest BCUT2D eigenvalue weighted by Crippen LogP contribution is -2.36. The van der Waals surface area contributed by atoms with Gasteiger partial charge in [0.05, 0.1) is 6.61 Å². The Bertz CT molecular complexity index is 1360. The van der Waals surface area contributed by atoms with Gasteiger partial charge >= 0.3 is 11.9 Å². The van der Waals surface area contributed by atoms with Crippen LogP contribution in [0.4, 0.5) is 11.4 Å². The van der Waals surface area contributed by atoms with Gasteiger partial charge in [0.25, 0.3) is 0 Å². The summed E-state index contributed by atoms with van der Waals surface area (Å²) >= 11 is 0. The first-order chi connectivity index (χ1) is 25.4. The van der Waals surface area contributed by atoms with Gasteiger partial charge in [-0.1, -0.05) is 164 Å². The van der Waals surface area contributed by atoms with Crippen LogP contribution in [-0.4, -0.2) is 37.5 Å². The van der Waals surface area contributed by atoms with E-state index in [0.29, 0.717) is 23.7 Å². The first kappa shape index (κ1) is 42.1. The van der Waals surface area contributed by atoms with Crippen LogP contribution in [0.25, 0.3) is 0 Å². The van der Waals surface area contributed by atoms with Gasteiger partial charge in [-0.25, -0.2) is 0 Å². The van der Waals surface area contributed by atoms with Crippen molar-refractivity contribution in [2.75, 3.05) is 29.9 Å². The van der Waals surface area contributed by atoms with Gasteiger partial charge < -0.3 is 24.4 Å². The molecule has 0 atom stereocenters. The fraction of sp³-hybridized carbons (Fsp3) is 0.523. The Balaban J connectivity index is 1.49. The number of anilines is 2. The SMILES string of the molecule is CCCCCCCCCCCCCCCCCCOc1cc(NC(C)=O)cc(N(CC(=O)OCc2ccccc2)CC(=O)OCc2ccccc2)c1. The zero-order valence-corrected chi connectivity index (χ0v) is 31.8. The van der Waals surface area contributed by atoms with E-state index in [0.717, 1.165) is 24.0 Å². The maximum Gasteiger partial charge on any atom is 0.325 e. The first-order valence-corrected chi connectivity index (χ1v) is 19.6. The summed E-state index contributed by atoms with van der Waals surface area (Å²) in [5.41, 5.74) is 2.76. The molecule has 0 saturated heterocycles. The number of carbonyl (C=O) groups excluding carboxylic acids is 3. The third-order valence-corrected chi connectivity index (χ3v) is 8.97. The molecule has 8 nitrogen and oxygen atoms in total. The predicted molar refractivity (Wildman–Crippen MR) is 210 cm³/mol. The van der Waals surface area contributed by atoms with Crippen molar-refractivity contribution in [2.45, 2.75) is 130 Å². The zero-order valence-electron chi connectivity index (χ0n) is 31.8. The highest BCUT2D eigenvalue weighted by Gasteiger charge is 2.20. The Morgan fingerprint density at radius 2 is 1.02 bits per heavy atom. The molecule has 0 bridgehead atoms. The van der Waals surface area contributed by atoms with Crippen molar-refractivity contribution in [1.82, 2.24) is 0 Å². The lowest BCUT2D eigenvalue weighted by atomic mass is 10.0. The number of nitrogens with one attached hydrogen (secondary N) is 1. The third-order valence-electron chi connectivity index (χ3n) is 8.97. The van der Waals surface area contributed by atoms with E-state index in [2.05, 4.69) is 12.2 Å². The summed E-state index contributed by atoms with van der Waals surface area (Å²) in [6.07, 6.45) is 20.8. The topological polar surface area (TPSA) is 94.2 Å². The van der Waals surface area contributed by atoms with E-state index in [1.807, 2.05) is 60.7 Å². The molecule has 284 valence electrons. The van der Waals surface area contributed by atoms with Crippen LogP contribution in [-0.2, 0) is 37.1 Å². The number of hydrogen-bond donors (Lipinski definition) is 1. The molecule has 0 aliphatic heterocycles. The standard InChI is InChI=1S/C44H62N2O6/c1-3-4-5-6-7-8-9-10-11-12-13-14-15-16-17-24-29-50-42-31-40(45-37(2)47)30-41(32-42)46(33-43(48)51-35-38-25-20-18-21-26-38)34-44(49)52-36-39-27-22-19-23-28-39/h18-23,25-28,30-32H,3-17,24,29,33-36H2,1-2H3,(H,45,47). The molecule has 8 heteroatoms. The van der Waals surface area contributed by atoms with Gasteiger partial charge in [-0.2, -0.15) is 0 Å². The van der Waals surface area contributed by atoms with Crippen molar-refractivity contribution in [3.05, 3.63) is 90.0 Å². The van der Waals surface area contributed by atoms with E-state index in [1.165, 1.54) is 96.8 Å². The second kappa shape index (κ2) is 26.4. The number of esters is 2. The largest absolute Gasteiger partial charge is 0.493 e. The molecule has 0 heterocycles. The zero-order chi connectivity index (χ0) is 37.1. The molecule has 0 aliphatic carbocycles. The van der Waals surface area contributed by atoms with Crippen molar-refractivity contribution in [3.8, 4) is 5.75 Å². The van der Waals surface area contributed by atoms with Crippen LogP contribution < -0.4 is 15.0 Å². The molecule has 0 unspecified atom stereocenters. The molecular formula is C44H62N2O6. The number of hydrogen-bond acceptors (Lipinski definition) is 7. The normalized spacial score (nSPS) is 10.8. The van der Waals surface area contributed by atoms with E-state index < -0.39 is 11.9 Å². The maximum atomic E-state index is 13.0. The van der Waals surface area contributed by atoms with Gasteiger partial charge in [0, 0.05) is 30.4 Å². The number of amides is 1. The molecule has 3 aromatic carbocycles. The molecule has 0 saturated carbocycles. The summed E-state index contributed by atoms with van der Waals surface area (Å²) in [5, 5.41) is 2.82. The molecule has 52 heavy (non-hydrogen) atoms. The Kier molecular flexibility index (Phi) is 21.4. The van der Waals surface area contributed by atoms with Crippen molar-refractivity contribution in [3.63, 3.8) is 0 Å². The molecule has 0 fully saturated rings. The highest BCUT2D eigenvalue weighted by atomic mass is 16.5. The molecule has 0 aliphatic rings. The number of nitrogens with zero attached hydrogens (tertiary/aromatic N) is 1. The molecule has 3 rings (SSSR count). The predicted octanol–water partition coefficient (Wildman–Crippen LogP) is 10.6.